The van der Waals surface area contributed by atoms with Gasteiger partial charge in [-0.05, 0) is 48.9 Å². The number of nitrogens with one attached hydrogen (secondary N) is 1. The van der Waals surface area contributed by atoms with Crippen LogP contribution in [0.3, 0.4) is 0 Å². The van der Waals surface area contributed by atoms with Gasteiger partial charge in [-0.3, -0.25) is 14.2 Å². The Labute approximate surface area is 198 Å². The summed E-state index contributed by atoms with van der Waals surface area (Å²) < 4.78 is 26.5. The molecule has 34 heavy (non-hydrogen) atoms. The summed E-state index contributed by atoms with van der Waals surface area (Å²) in [5, 5.41) is 2.90. The zero-order valence-electron chi connectivity index (χ0n) is 18.2. The Kier molecular flexibility index (Phi) is 5.93. The van der Waals surface area contributed by atoms with Crippen molar-refractivity contribution in [2.45, 2.75) is 23.9 Å². The lowest BCUT2D eigenvalue weighted by molar-refractivity contribution is -0.120. The predicted octanol–water partition coefficient (Wildman–Crippen LogP) is 4.05. The van der Waals surface area contributed by atoms with E-state index in [0.717, 1.165) is 17.3 Å². The number of ether oxygens (including phenoxy) is 2. The van der Waals surface area contributed by atoms with Crippen molar-refractivity contribution in [2.75, 3.05) is 6.79 Å². The molecule has 0 bridgehead atoms. The molecule has 4 aromatic rings. The third kappa shape index (κ3) is 4.22. The Morgan fingerprint density at radius 3 is 2.74 bits per heavy atom. The van der Waals surface area contributed by atoms with Crippen molar-refractivity contribution in [1.82, 2.24) is 14.9 Å². The quantitative estimate of drug-likeness (QED) is 0.333. The van der Waals surface area contributed by atoms with Gasteiger partial charge in [0.05, 0.1) is 21.8 Å². The van der Waals surface area contributed by atoms with Crippen LogP contribution in [0.1, 0.15) is 12.5 Å². The third-order valence-corrected chi connectivity index (χ3v) is 6.45. The summed E-state index contributed by atoms with van der Waals surface area (Å²) in [5.41, 5.74) is 1.03. The summed E-state index contributed by atoms with van der Waals surface area (Å²) in [6, 6.07) is 18.4. The first kappa shape index (κ1) is 22.0. The molecule has 172 valence electrons. The summed E-state index contributed by atoms with van der Waals surface area (Å²) in [6.45, 7) is 2.19. The van der Waals surface area contributed by atoms with Gasteiger partial charge in [-0.1, -0.05) is 42.1 Å². The van der Waals surface area contributed by atoms with Crippen LogP contribution in [0.2, 0.25) is 0 Å². The fraction of sp³-hybridized carbons (Fsp3) is 0.160. The summed E-state index contributed by atoms with van der Waals surface area (Å²) in [7, 11) is 0. The van der Waals surface area contributed by atoms with Crippen molar-refractivity contribution in [2.24, 2.45) is 0 Å². The van der Waals surface area contributed by atoms with E-state index in [4.69, 9.17) is 9.47 Å². The van der Waals surface area contributed by atoms with Crippen LogP contribution in [-0.4, -0.2) is 27.5 Å². The molecule has 0 spiro atoms. The molecule has 1 aliphatic rings. The zero-order valence-corrected chi connectivity index (χ0v) is 19.0. The van der Waals surface area contributed by atoms with Crippen molar-refractivity contribution < 1.29 is 18.7 Å². The van der Waals surface area contributed by atoms with Crippen LogP contribution >= 0.6 is 11.8 Å². The molecular weight excluding hydrogens is 457 g/mol. The molecule has 1 N–H and O–H groups in total. The topological polar surface area (TPSA) is 82.5 Å². The van der Waals surface area contributed by atoms with Gasteiger partial charge < -0.3 is 14.8 Å². The average Bonchev–Trinajstić information content (AvgIpc) is 3.31. The fourth-order valence-corrected chi connectivity index (χ4v) is 4.58. The van der Waals surface area contributed by atoms with E-state index in [1.54, 1.807) is 49.4 Å². The summed E-state index contributed by atoms with van der Waals surface area (Å²) in [6.07, 6.45) is 0. The lowest BCUT2D eigenvalue weighted by atomic mass is 10.2. The molecule has 5 rings (SSSR count). The largest absolute Gasteiger partial charge is 0.454 e. The maximum absolute atomic E-state index is 14.6. The number of rotatable bonds is 6. The lowest BCUT2D eigenvalue weighted by Crippen LogP contribution is -2.31. The number of benzene rings is 3. The number of amides is 1. The minimum absolute atomic E-state index is 0.0845. The number of carbonyl (C=O) groups is 1. The van der Waals surface area contributed by atoms with Crippen LogP contribution in [0.15, 0.2) is 76.7 Å². The fourth-order valence-electron chi connectivity index (χ4n) is 3.63. The van der Waals surface area contributed by atoms with E-state index in [0.29, 0.717) is 28.9 Å². The molecule has 0 radical (unpaired) electrons. The van der Waals surface area contributed by atoms with E-state index in [1.165, 1.54) is 16.7 Å². The molecule has 3 aromatic carbocycles. The van der Waals surface area contributed by atoms with Gasteiger partial charge in [-0.25, -0.2) is 9.37 Å². The Balaban J connectivity index is 1.41. The average molecular weight is 478 g/mol. The number of halogens is 1. The van der Waals surface area contributed by atoms with E-state index in [-0.39, 0.29) is 23.5 Å². The zero-order chi connectivity index (χ0) is 23.7. The maximum atomic E-state index is 14.6. The summed E-state index contributed by atoms with van der Waals surface area (Å²) >= 11 is 1.09. The number of carbonyl (C=O) groups excluding carboxylic acids is 1. The first-order valence-electron chi connectivity index (χ1n) is 10.6. The van der Waals surface area contributed by atoms with Crippen molar-refractivity contribution in [3.05, 3.63) is 88.5 Å². The Morgan fingerprint density at radius 2 is 1.88 bits per heavy atom. The highest BCUT2D eigenvalue weighted by molar-refractivity contribution is 8.00. The second-order valence-corrected chi connectivity index (χ2v) is 8.98. The standard InChI is InChI=1S/C25H20FN3O4S/c1-15(23(30)27-13-16-10-11-21-22(12-16)33-14-32-21)34-25-28-19-8-4-2-6-17(19)24(31)29(25)20-9-5-3-7-18(20)26/h2-12,15H,13-14H2,1H3,(H,27,30). The Hall–Kier alpha value is -3.85. The molecule has 9 heteroatoms. The van der Waals surface area contributed by atoms with Gasteiger partial charge in [-0.15, -0.1) is 0 Å². The van der Waals surface area contributed by atoms with Crippen LogP contribution in [-0.2, 0) is 11.3 Å². The molecule has 7 nitrogen and oxygen atoms in total. The number of fused-ring (bicyclic) bond motifs is 2. The number of hydrogen-bond donors (Lipinski definition) is 1. The summed E-state index contributed by atoms with van der Waals surface area (Å²) in [5.74, 6) is 0.518. The van der Waals surface area contributed by atoms with E-state index in [1.807, 2.05) is 12.1 Å². The first-order chi connectivity index (χ1) is 16.5. The van der Waals surface area contributed by atoms with E-state index < -0.39 is 16.6 Å². The van der Waals surface area contributed by atoms with E-state index in [2.05, 4.69) is 10.3 Å². The molecule has 0 fully saturated rings. The van der Waals surface area contributed by atoms with Gasteiger partial charge in [0.15, 0.2) is 16.7 Å². The van der Waals surface area contributed by atoms with E-state index >= 15 is 0 Å². The molecule has 1 atom stereocenters. The van der Waals surface area contributed by atoms with Gasteiger partial charge in [0, 0.05) is 6.54 Å². The third-order valence-electron chi connectivity index (χ3n) is 5.39. The Bertz CT molecular complexity index is 1460. The van der Waals surface area contributed by atoms with Crippen LogP contribution in [0, 0.1) is 5.82 Å². The highest BCUT2D eigenvalue weighted by Crippen LogP contribution is 2.32. The molecular formula is C25H20FN3O4S. The highest BCUT2D eigenvalue weighted by atomic mass is 32.2. The van der Waals surface area contributed by atoms with Gasteiger partial charge in [0.1, 0.15) is 5.82 Å². The van der Waals surface area contributed by atoms with Crippen LogP contribution < -0.4 is 20.3 Å². The van der Waals surface area contributed by atoms with Crippen molar-refractivity contribution in [1.29, 1.82) is 0 Å². The number of nitrogens with zero attached hydrogens (tertiary/aromatic N) is 2. The molecule has 0 aliphatic carbocycles. The first-order valence-corrected chi connectivity index (χ1v) is 11.5. The Morgan fingerprint density at radius 1 is 1.12 bits per heavy atom. The van der Waals surface area contributed by atoms with Gasteiger partial charge >= 0.3 is 0 Å². The van der Waals surface area contributed by atoms with Crippen molar-refractivity contribution >= 4 is 28.6 Å². The number of thioether (sulfide) groups is 1. The predicted molar refractivity (Wildman–Crippen MR) is 127 cm³/mol. The van der Waals surface area contributed by atoms with Crippen LogP contribution in [0.5, 0.6) is 11.5 Å². The molecule has 1 aromatic heterocycles. The second-order valence-electron chi connectivity index (χ2n) is 7.67. The van der Waals surface area contributed by atoms with Gasteiger partial charge in [-0.2, -0.15) is 0 Å². The molecule has 0 saturated heterocycles. The normalized spacial score (nSPS) is 13.1. The molecule has 1 aliphatic heterocycles. The SMILES string of the molecule is CC(Sc1nc2ccccc2c(=O)n1-c1ccccc1F)C(=O)NCc1ccc2c(c1)OCO2. The number of aromatic nitrogens is 2. The van der Waals surface area contributed by atoms with Crippen molar-refractivity contribution in [3.63, 3.8) is 0 Å². The van der Waals surface area contributed by atoms with Crippen LogP contribution in [0.25, 0.3) is 16.6 Å². The van der Waals surface area contributed by atoms with Gasteiger partial charge in [0.2, 0.25) is 12.7 Å². The lowest BCUT2D eigenvalue weighted by Gasteiger charge is -2.17. The van der Waals surface area contributed by atoms with Crippen LogP contribution in [0.4, 0.5) is 4.39 Å². The second kappa shape index (κ2) is 9.18. The summed E-state index contributed by atoms with van der Waals surface area (Å²) in [4.78, 5) is 30.7. The monoisotopic (exact) mass is 477 g/mol. The molecule has 1 amide bonds. The number of hydrogen-bond acceptors (Lipinski definition) is 6. The molecule has 2 heterocycles. The minimum Gasteiger partial charge on any atom is -0.454 e. The minimum atomic E-state index is -0.597. The smallest absolute Gasteiger partial charge is 0.266 e. The molecule has 0 saturated carbocycles. The van der Waals surface area contributed by atoms with Gasteiger partial charge in [0.25, 0.3) is 5.56 Å². The number of para-hydroxylation sites is 2. The highest BCUT2D eigenvalue weighted by Gasteiger charge is 2.22. The molecule has 1 unspecified atom stereocenters. The van der Waals surface area contributed by atoms with E-state index in [9.17, 15) is 14.0 Å². The van der Waals surface area contributed by atoms with Crippen molar-refractivity contribution in [3.8, 4) is 17.2 Å². The maximum Gasteiger partial charge on any atom is 0.266 e.